The zero-order chi connectivity index (χ0) is 25.2. The average molecular weight is 502 g/mol. The van der Waals surface area contributed by atoms with Crippen molar-refractivity contribution < 1.29 is 32.6 Å². The number of carbonyl (C=O) groups is 1. The number of hydrogen-bond donors (Lipinski definition) is 3. The number of thiazole rings is 1. The lowest BCUT2D eigenvalue weighted by Gasteiger charge is -2.09. The smallest absolute Gasteiger partial charge is 0.416 e. The van der Waals surface area contributed by atoms with Crippen LogP contribution in [0.2, 0.25) is 0 Å². The van der Waals surface area contributed by atoms with Gasteiger partial charge in [0.15, 0.2) is 5.13 Å². The van der Waals surface area contributed by atoms with E-state index in [9.17, 15) is 27.5 Å². The van der Waals surface area contributed by atoms with Crippen LogP contribution >= 0.6 is 11.3 Å². The predicted molar refractivity (Wildman–Crippen MR) is 121 cm³/mol. The molecule has 0 amide bonds. The predicted octanol–water partition coefficient (Wildman–Crippen LogP) is 7.53. The van der Waals surface area contributed by atoms with Crippen LogP contribution in [-0.2, 0) is 6.18 Å². The number of nitrogens with one attached hydrogen (secondary N) is 1. The summed E-state index contributed by atoms with van der Waals surface area (Å²) in [6.45, 7) is 0. The zero-order valence-corrected chi connectivity index (χ0v) is 18.2. The fourth-order valence-corrected chi connectivity index (χ4v) is 3.73. The molecule has 0 aliphatic rings. The normalized spacial score (nSPS) is 11.7. The Morgan fingerprint density at radius 3 is 2.43 bits per heavy atom. The fourth-order valence-electron chi connectivity index (χ4n) is 3.00. The summed E-state index contributed by atoms with van der Waals surface area (Å²) in [5.74, 6) is -2.35. The first-order valence-electron chi connectivity index (χ1n) is 9.78. The summed E-state index contributed by atoms with van der Waals surface area (Å²) in [4.78, 5) is 15.4. The van der Waals surface area contributed by atoms with Crippen molar-refractivity contribution in [3.8, 4) is 17.0 Å². The minimum atomic E-state index is -4.49. The number of anilines is 2. The standard InChI is InChI=1S/C23H14F4N4O3S/c24-18-6-4-14(30-31-15-5-7-20(32)17(10-15)21(33)34)9-16(18)19-11-35-22(29-19)28-13-3-1-2-12(8-13)23(25,26)27/h1-11,32H,(H,28,29)(H,33,34). The van der Waals surface area contributed by atoms with E-state index in [1.807, 2.05) is 0 Å². The molecule has 1 heterocycles. The summed E-state index contributed by atoms with van der Waals surface area (Å²) in [7, 11) is 0. The summed E-state index contributed by atoms with van der Waals surface area (Å²) in [6, 6.07) is 12.2. The van der Waals surface area contributed by atoms with Crippen LogP contribution in [0.4, 0.5) is 39.8 Å². The van der Waals surface area contributed by atoms with Gasteiger partial charge in [0.25, 0.3) is 0 Å². The van der Waals surface area contributed by atoms with Crippen molar-refractivity contribution in [2.75, 3.05) is 5.32 Å². The molecule has 4 rings (SSSR count). The van der Waals surface area contributed by atoms with E-state index in [0.717, 1.165) is 35.6 Å². The van der Waals surface area contributed by atoms with Gasteiger partial charge in [-0.1, -0.05) is 6.07 Å². The molecule has 0 saturated heterocycles. The van der Waals surface area contributed by atoms with Gasteiger partial charge in [0.05, 0.1) is 22.6 Å². The van der Waals surface area contributed by atoms with E-state index in [4.69, 9.17) is 5.11 Å². The van der Waals surface area contributed by atoms with E-state index in [0.29, 0.717) is 0 Å². The van der Waals surface area contributed by atoms with Crippen LogP contribution in [-0.4, -0.2) is 21.2 Å². The van der Waals surface area contributed by atoms with Crippen molar-refractivity contribution in [3.63, 3.8) is 0 Å². The second kappa shape index (κ2) is 9.50. The molecular weight excluding hydrogens is 488 g/mol. The largest absolute Gasteiger partial charge is 0.507 e. The average Bonchev–Trinajstić information content (AvgIpc) is 3.27. The van der Waals surface area contributed by atoms with E-state index >= 15 is 0 Å². The Morgan fingerprint density at radius 2 is 1.71 bits per heavy atom. The Bertz CT molecular complexity index is 1440. The molecule has 1 aromatic heterocycles. The molecule has 3 N–H and O–H groups in total. The first kappa shape index (κ1) is 23.8. The quantitative estimate of drug-likeness (QED) is 0.187. The molecule has 7 nitrogen and oxygen atoms in total. The summed E-state index contributed by atoms with van der Waals surface area (Å²) < 4.78 is 53.2. The Kier molecular flexibility index (Phi) is 6.47. The minimum absolute atomic E-state index is 0.0896. The maximum absolute atomic E-state index is 14.5. The molecule has 0 unspecified atom stereocenters. The van der Waals surface area contributed by atoms with Gasteiger partial charge in [-0.2, -0.15) is 23.4 Å². The molecule has 0 fully saturated rings. The molecule has 0 aliphatic heterocycles. The van der Waals surface area contributed by atoms with Crippen LogP contribution in [0.25, 0.3) is 11.3 Å². The number of carboxylic acid groups (broad SMARTS) is 1. The number of alkyl halides is 3. The van der Waals surface area contributed by atoms with Gasteiger partial charge in [-0.25, -0.2) is 14.2 Å². The van der Waals surface area contributed by atoms with Crippen molar-refractivity contribution >= 4 is 39.5 Å². The first-order chi connectivity index (χ1) is 16.6. The third-order valence-corrected chi connectivity index (χ3v) is 5.42. The number of aromatic nitrogens is 1. The summed E-state index contributed by atoms with van der Waals surface area (Å²) >= 11 is 1.08. The van der Waals surface area contributed by atoms with E-state index in [-0.39, 0.29) is 39.0 Å². The molecule has 35 heavy (non-hydrogen) atoms. The highest BCUT2D eigenvalue weighted by molar-refractivity contribution is 7.14. The Hall–Kier alpha value is -4.32. The Labute approximate surface area is 199 Å². The molecule has 0 bridgehead atoms. The van der Waals surface area contributed by atoms with Crippen LogP contribution in [0.1, 0.15) is 15.9 Å². The Morgan fingerprint density at radius 1 is 1.00 bits per heavy atom. The molecule has 3 aromatic carbocycles. The van der Waals surface area contributed by atoms with Crippen LogP contribution in [0.5, 0.6) is 5.75 Å². The molecule has 0 radical (unpaired) electrons. The summed E-state index contributed by atoms with van der Waals surface area (Å²) in [5.41, 5.74) is -0.252. The van der Waals surface area contributed by atoms with Crippen molar-refractivity contribution in [2.45, 2.75) is 6.18 Å². The van der Waals surface area contributed by atoms with Gasteiger partial charge >= 0.3 is 12.1 Å². The molecule has 0 aliphatic carbocycles. The second-order valence-corrected chi connectivity index (χ2v) is 7.97. The van der Waals surface area contributed by atoms with Crippen molar-refractivity contribution in [1.82, 2.24) is 4.98 Å². The van der Waals surface area contributed by atoms with Crippen LogP contribution < -0.4 is 5.32 Å². The van der Waals surface area contributed by atoms with Crippen molar-refractivity contribution in [1.29, 1.82) is 0 Å². The molecule has 0 atom stereocenters. The van der Waals surface area contributed by atoms with Gasteiger partial charge in [0.2, 0.25) is 0 Å². The summed E-state index contributed by atoms with van der Waals surface area (Å²) in [5, 5.41) is 31.1. The molecule has 0 saturated carbocycles. The number of benzene rings is 3. The lowest BCUT2D eigenvalue weighted by atomic mass is 10.1. The van der Waals surface area contributed by atoms with Crippen LogP contribution in [0.15, 0.2) is 76.3 Å². The highest BCUT2D eigenvalue weighted by Crippen LogP contribution is 2.34. The topological polar surface area (TPSA) is 107 Å². The molecule has 0 spiro atoms. The molecule has 4 aromatic rings. The van der Waals surface area contributed by atoms with Gasteiger partial charge in [-0.05, 0) is 54.6 Å². The van der Waals surface area contributed by atoms with E-state index in [1.165, 1.54) is 41.8 Å². The van der Waals surface area contributed by atoms with Crippen molar-refractivity contribution in [3.05, 3.63) is 83.0 Å². The zero-order valence-electron chi connectivity index (χ0n) is 17.4. The van der Waals surface area contributed by atoms with E-state index in [2.05, 4.69) is 20.5 Å². The number of aromatic carboxylic acids is 1. The van der Waals surface area contributed by atoms with E-state index < -0.39 is 29.3 Å². The number of hydrogen-bond acceptors (Lipinski definition) is 7. The third kappa shape index (κ3) is 5.61. The van der Waals surface area contributed by atoms with Gasteiger partial charge in [-0.3, -0.25) is 0 Å². The van der Waals surface area contributed by atoms with Gasteiger partial charge in [-0.15, -0.1) is 11.3 Å². The maximum Gasteiger partial charge on any atom is 0.416 e. The highest BCUT2D eigenvalue weighted by Gasteiger charge is 2.30. The fraction of sp³-hybridized carbons (Fsp3) is 0.0435. The maximum atomic E-state index is 14.5. The van der Waals surface area contributed by atoms with E-state index in [1.54, 1.807) is 0 Å². The minimum Gasteiger partial charge on any atom is -0.507 e. The number of phenols is 1. The van der Waals surface area contributed by atoms with Crippen LogP contribution in [0, 0.1) is 5.82 Å². The number of nitrogens with zero attached hydrogens (tertiary/aromatic N) is 3. The molecular formula is C23H14F4N4O3S. The lowest BCUT2D eigenvalue weighted by Crippen LogP contribution is -2.05. The molecule has 178 valence electrons. The first-order valence-corrected chi connectivity index (χ1v) is 10.7. The lowest BCUT2D eigenvalue weighted by molar-refractivity contribution is -0.137. The highest BCUT2D eigenvalue weighted by atomic mass is 32.1. The monoisotopic (exact) mass is 502 g/mol. The number of halogens is 4. The Balaban J connectivity index is 1.56. The SMILES string of the molecule is O=C(O)c1cc(N=Nc2ccc(F)c(-c3csc(Nc4cccc(C(F)(F)F)c4)n3)c2)ccc1O. The second-order valence-electron chi connectivity index (χ2n) is 7.11. The van der Waals surface area contributed by atoms with Gasteiger partial charge < -0.3 is 15.5 Å². The van der Waals surface area contributed by atoms with Gasteiger partial charge in [0, 0.05) is 16.6 Å². The number of carboxylic acids is 1. The molecule has 12 heteroatoms. The number of rotatable bonds is 6. The third-order valence-electron chi connectivity index (χ3n) is 4.66. The van der Waals surface area contributed by atoms with Crippen LogP contribution in [0.3, 0.4) is 0 Å². The number of azo groups is 1. The summed E-state index contributed by atoms with van der Waals surface area (Å²) in [6.07, 6.45) is -4.49. The van der Waals surface area contributed by atoms with Gasteiger partial charge in [0.1, 0.15) is 17.1 Å². The number of aromatic hydroxyl groups is 1. The van der Waals surface area contributed by atoms with Crippen molar-refractivity contribution in [2.24, 2.45) is 10.2 Å².